The van der Waals surface area contributed by atoms with Crippen molar-refractivity contribution >= 4 is 17.1 Å². The highest BCUT2D eigenvalue weighted by Gasteiger charge is 2.49. The molecule has 0 radical (unpaired) electrons. The molecule has 9 heteroatoms. The van der Waals surface area contributed by atoms with Crippen LogP contribution >= 0.6 is 0 Å². The normalized spacial score (nSPS) is 27.1. The number of phenolic OH excluding ortho intramolecular Hbond substituents is 1. The zero-order valence-corrected chi connectivity index (χ0v) is 20.4. The van der Waals surface area contributed by atoms with Crippen molar-refractivity contribution in [3.8, 4) is 11.5 Å². The molecule has 0 amide bonds. The summed E-state index contributed by atoms with van der Waals surface area (Å²) in [5, 5.41) is 39.3. The van der Waals surface area contributed by atoms with Crippen molar-refractivity contribution in [1.82, 2.24) is 0 Å². The predicted octanol–water partition coefficient (Wildman–Crippen LogP) is 5.62. The van der Waals surface area contributed by atoms with E-state index in [1.807, 2.05) is 13.0 Å². The minimum absolute atomic E-state index is 0.0189. The molecular weight excluding hydrogens is 450 g/mol. The lowest BCUT2D eigenvalue weighted by atomic mass is 9.54. The van der Waals surface area contributed by atoms with E-state index in [9.17, 15) is 20.4 Å². The monoisotopic (exact) mass is 481 g/mol. The van der Waals surface area contributed by atoms with Gasteiger partial charge in [0.1, 0.15) is 6.61 Å². The smallest absolute Gasteiger partial charge is 0.276 e. The van der Waals surface area contributed by atoms with Crippen LogP contribution in [-0.2, 0) is 11.4 Å². The molecule has 186 valence electrons. The van der Waals surface area contributed by atoms with Gasteiger partial charge in [0.05, 0.1) is 29.0 Å². The predicted molar refractivity (Wildman–Crippen MR) is 131 cm³/mol. The Morgan fingerprint density at radius 2 is 2.06 bits per heavy atom. The highest BCUT2D eigenvalue weighted by Crippen LogP contribution is 2.56. The molecule has 0 spiro atoms. The summed E-state index contributed by atoms with van der Waals surface area (Å²) in [6, 6.07) is 9.95. The van der Waals surface area contributed by atoms with Crippen LogP contribution in [0, 0.1) is 27.4 Å². The number of methoxy groups -OCH3 is 1. The van der Waals surface area contributed by atoms with E-state index in [1.54, 1.807) is 24.3 Å². The number of aromatic hydroxyl groups is 1. The third-order valence-corrected chi connectivity index (χ3v) is 8.19. The van der Waals surface area contributed by atoms with Crippen molar-refractivity contribution in [2.75, 3.05) is 7.11 Å². The number of phenols is 1. The largest absolute Gasteiger partial charge is 0.504 e. The lowest BCUT2D eigenvalue weighted by Gasteiger charge is -2.50. The quantitative estimate of drug-likeness (QED) is 0.239. The number of nitrogens with zero attached hydrogens (tertiary/aromatic N) is 3. The first kappa shape index (κ1) is 24.5. The van der Waals surface area contributed by atoms with Gasteiger partial charge in [0, 0.05) is 17.0 Å². The maximum absolute atomic E-state index is 11.3. The molecule has 9 nitrogen and oxygen atoms in total. The zero-order chi connectivity index (χ0) is 25.3. The molecule has 0 aromatic heterocycles. The third kappa shape index (κ3) is 4.31. The molecule has 1 fully saturated rings. The van der Waals surface area contributed by atoms with Crippen LogP contribution in [0.2, 0.25) is 0 Å². The number of hydrogen-bond acceptors (Lipinski definition) is 8. The fourth-order valence-corrected chi connectivity index (χ4v) is 5.76. The molecule has 35 heavy (non-hydrogen) atoms. The Bertz CT molecular complexity index is 1190. The Labute approximate surface area is 204 Å². The average Bonchev–Trinajstić information content (AvgIpc) is 2.85. The number of hydrogen-bond donors (Lipinski definition) is 2. The first-order valence-corrected chi connectivity index (χ1v) is 11.7. The molecule has 2 aliphatic rings. The van der Waals surface area contributed by atoms with E-state index in [4.69, 9.17) is 9.57 Å². The second-order valence-electron chi connectivity index (χ2n) is 9.71. The summed E-state index contributed by atoms with van der Waals surface area (Å²) in [7, 11) is 1.52. The summed E-state index contributed by atoms with van der Waals surface area (Å²) in [6.07, 6.45) is 2.37. The first-order valence-electron chi connectivity index (χ1n) is 11.7. The van der Waals surface area contributed by atoms with E-state index in [1.165, 1.54) is 13.2 Å². The summed E-state index contributed by atoms with van der Waals surface area (Å²) < 4.78 is 5.39. The van der Waals surface area contributed by atoms with Gasteiger partial charge in [-0.3, -0.25) is 10.1 Å². The van der Waals surface area contributed by atoms with E-state index < -0.39 is 4.92 Å². The van der Waals surface area contributed by atoms with Crippen LogP contribution in [0.25, 0.3) is 0 Å². The summed E-state index contributed by atoms with van der Waals surface area (Å²) in [5.74, 6) is 1.03. The van der Waals surface area contributed by atoms with Crippen LogP contribution in [0.1, 0.15) is 62.6 Å². The molecule has 2 unspecified atom stereocenters. The van der Waals surface area contributed by atoms with E-state index in [-0.39, 0.29) is 41.2 Å². The number of para-hydroxylation sites is 1. The third-order valence-electron chi connectivity index (χ3n) is 8.19. The van der Waals surface area contributed by atoms with Gasteiger partial charge in [-0.05, 0) is 67.7 Å². The Morgan fingerprint density at radius 1 is 1.31 bits per heavy atom. The van der Waals surface area contributed by atoms with Crippen molar-refractivity contribution in [3.63, 3.8) is 0 Å². The molecule has 2 aliphatic carbocycles. The standard InChI is InChI=1S/C26H31N3O6/c1-15-19-11-22(28-35-14-17-7-5-6-8-23(17)29(32)33)21-12-24(30)25(34-4)13-20(21)18(19)9-10-26(15,3)16(2)27-31/h5-8,12-13,15,18-19,30-31H,9-11,14H2,1-4H3/b27-16+,28-22+/t15?,18?,19-,26-/m0/s1. The molecule has 0 heterocycles. The van der Waals surface area contributed by atoms with Gasteiger partial charge < -0.3 is 19.9 Å². The number of rotatable bonds is 6. The fourth-order valence-electron chi connectivity index (χ4n) is 5.76. The van der Waals surface area contributed by atoms with Gasteiger partial charge in [-0.2, -0.15) is 0 Å². The van der Waals surface area contributed by atoms with Crippen molar-refractivity contribution in [3.05, 3.63) is 63.2 Å². The van der Waals surface area contributed by atoms with Crippen LogP contribution in [0.4, 0.5) is 5.69 Å². The molecular formula is C26H31N3O6. The van der Waals surface area contributed by atoms with Crippen LogP contribution in [-0.4, -0.2) is 33.8 Å². The van der Waals surface area contributed by atoms with E-state index in [0.717, 1.165) is 24.0 Å². The number of nitro groups is 1. The van der Waals surface area contributed by atoms with Gasteiger partial charge >= 0.3 is 0 Å². The molecule has 4 rings (SSSR count). The van der Waals surface area contributed by atoms with E-state index in [0.29, 0.717) is 29.2 Å². The van der Waals surface area contributed by atoms with Crippen LogP contribution in [0.15, 0.2) is 46.7 Å². The molecule has 0 bridgehead atoms. The number of benzene rings is 2. The highest BCUT2D eigenvalue weighted by molar-refractivity contribution is 6.03. The van der Waals surface area contributed by atoms with Crippen LogP contribution in [0.5, 0.6) is 11.5 Å². The lowest BCUT2D eigenvalue weighted by molar-refractivity contribution is -0.386. The van der Waals surface area contributed by atoms with Crippen LogP contribution in [0.3, 0.4) is 0 Å². The van der Waals surface area contributed by atoms with Gasteiger partial charge in [0.25, 0.3) is 5.69 Å². The van der Waals surface area contributed by atoms with Gasteiger partial charge in [0.15, 0.2) is 11.5 Å². The van der Waals surface area contributed by atoms with Gasteiger partial charge in [0.2, 0.25) is 0 Å². The molecule has 0 saturated heterocycles. The molecule has 2 aromatic carbocycles. The van der Waals surface area contributed by atoms with Crippen LogP contribution < -0.4 is 4.74 Å². The zero-order valence-electron chi connectivity index (χ0n) is 20.4. The first-order chi connectivity index (χ1) is 16.7. The second-order valence-corrected chi connectivity index (χ2v) is 9.71. The minimum Gasteiger partial charge on any atom is -0.504 e. The van der Waals surface area contributed by atoms with Crippen molar-refractivity contribution in [1.29, 1.82) is 0 Å². The number of fused-ring (bicyclic) bond motifs is 3. The highest BCUT2D eigenvalue weighted by atomic mass is 16.6. The number of ether oxygens (including phenoxy) is 1. The molecule has 2 aromatic rings. The fraction of sp³-hybridized carbons (Fsp3) is 0.462. The van der Waals surface area contributed by atoms with Gasteiger partial charge in [-0.15, -0.1) is 0 Å². The Balaban J connectivity index is 1.71. The lowest BCUT2D eigenvalue weighted by Crippen LogP contribution is -2.46. The maximum Gasteiger partial charge on any atom is 0.276 e. The number of nitro benzene ring substituents is 1. The second kappa shape index (κ2) is 9.56. The van der Waals surface area contributed by atoms with Crippen molar-refractivity contribution in [2.24, 2.45) is 27.6 Å². The SMILES string of the molecule is COc1cc2c(cc1O)/C(=N/OCc1ccccc1[N+](=O)[O-])C[C@@H]1C2CC[C@](C)(/C(C)=N/O)C1C. The summed E-state index contributed by atoms with van der Waals surface area (Å²) in [5.41, 5.74) is 3.38. The van der Waals surface area contributed by atoms with Gasteiger partial charge in [-0.25, -0.2) is 0 Å². The Kier molecular flexibility index (Phi) is 6.69. The van der Waals surface area contributed by atoms with E-state index >= 15 is 0 Å². The Morgan fingerprint density at radius 3 is 2.74 bits per heavy atom. The summed E-state index contributed by atoms with van der Waals surface area (Å²) in [4.78, 5) is 16.5. The average molecular weight is 482 g/mol. The van der Waals surface area contributed by atoms with Crippen molar-refractivity contribution < 1.29 is 24.8 Å². The topological polar surface area (TPSA) is 127 Å². The minimum atomic E-state index is -0.438. The summed E-state index contributed by atoms with van der Waals surface area (Å²) >= 11 is 0. The van der Waals surface area contributed by atoms with Gasteiger partial charge in [-0.1, -0.05) is 36.3 Å². The van der Waals surface area contributed by atoms with Crippen molar-refractivity contribution in [2.45, 2.75) is 52.6 Å². The van der Waals surface area contributed by atoms with E-state index in [2.05, 4.69) is 24.2 Å². The molecule has 2 N–H and O–H groups in total. The summed E-state index contributed by atoms with van der Waals surface area (Å²) in [6.45, 7) is 6.13. The maximum atomic E-state index is 11.3. The Hall–Kier alpha value is -3.62. The molecule has 0 aliphatic heterocycles. The molecule has 1 saturated carbocycles. The number of oxime groups is 2. The molecule has 4 atom stereocenters.